The molecule has 0 bridgehead atoms. The molecule has 64 heavy (non-hydrogen) atoms. The lowest BCUT2D eigenvalue weighted by Crippen LogP contribution is -2.36. The molecule has 9 heteroatoms. The minimum absolute atomic E-state index is 0.0106. The fourth-order valence-corrected chi connectivity index (χ4v) is 11.5. The second-order valence-corrected chi connectivity index (χ2v) is 19.2. The van der Waals surface area contributed by atoms with Gasteiger partial charge in [-0.3, -0.25) is 14.4 Å². The smallest absolute Gasteiger partial charge is 0.328 e. The molecule has 0 unspecified atom stereocenters. The van der Waals surface area contributed by atoms with E-state index in [2.05, 4.69) is 151 Å². The average Bonchev–Trinajstić information content (AvgIpc) is 3.26. The van der Waals surface area contributed by atoms with E-state index in [-0.39, 0.29) is 22.7 Å². The van der Waals surface area contributed by atoms with Crippen molar-refractivity contribution in [2.45, 2.75) is 80.4 Å². The van der Waals surface area contributed by atoms with Gasteiger partial charge >= 0.3 is 17.9 Å². The van der Waals surface area contributed by atoms with E-state index in [1.54, 1.807) is 6.08 Å². The summed E-state index contributed by atoms with van der Waals surface area (Å²) in [7, 11) is 0. The highest BCUT2D eigenvalue weighted by Gasteiger charge is 2.43. The van der Waals surface area contributed by atoms with Crippen molar-refractivity contribution in [2.24, 2.45) is 0 Å². The zero-order chi connectivity index (χ0) is 46.2. The van der Waals surface area contributed by atoms with Crippen molar-refractivity contribution in [3.05, 3.63) is 206 Å². The van der Waals surface area contributed by atoms with Crippen molar-refractivity contribution in [3.63, 3.8) is 0 Å². The Bertz CT molecular complexity index is 2640. The van der Waals surface area contributed by atoms with Crippen molar-refractivity contribution in [2.75, 3.05) is 11.5 Å². The highest BCUT2D eigenvalue weighted by molar-refractivity contribution is 7.99. The third-order valence-corrected chi connectivity index (χ3v) is 14.9. The Hall–Kier alpha value is -6.16. The summed E-state index contributed by atoms with van der Waals surface area (Å²) >= 11 is 3.90. The number of hydrogen-bond donors (Lipinski definition) is 3. The zero-order valence-electron chi connectivity index (χ0n) is 37.0. The van der Waals surface area contributed by atoms with E-state index in [4.69, 9.17) is 15.3 Å². The van der Waals surface area contributed by atoms with Crippen LogP contribution < -0.4 is 0 Å². The van der Waals surface area contributed by atoms with Gasteiger partial charge in [-0.05, 0) is 96.0 Å². The third-order valence-electron chi connectivity index (χ3n) is 12.1. The van der Waals surface area contributed by atoms with Crippen LogP contribution in [0.4, 0.5) is 0 Å². The molecule has 7 nitrogen and oxygen atoms in total. The molecular weight excluding hydrogens is 837 g/mol. The number of carbonyl (C=O) groups is 4. The minimum Gasteiger partial charge on any atom is -0.481 e. The number of aldehydes is 1. The number of aliphatic carboxylic acids is 3. The first-order valence-electron chi connectivity index (χ1n) is 21.1. The highest BCUT2D eigenvalue weighted by Crippen LogP contribution is 2.54. The Labute approximate surface area is 384 Å². The molecule has 0 saturated heterocycles. The molecule has 0 amide bonds. The summed E-state index contributed by atoms with van der Waals surface area (Å²) in [4.78, 5) is 43.5. The van der Waals surface area contributed by atoms with Gasteiger partial charge in [0.1, 0.15) is 12.7 Å². The second kappa shape index (κ2) is 20.6. The topological polar surface area (TPSA) is 129 Å². The molecule has 0 spiro atoms. The predicted octanol–water partition coefficient (Wildman–Crippen LogP) is 12.5. The van der Waals surface area contributed by atoms with Crippen LogP contribution in [-0.4, -0.2) is 51.0 Å². The van der Waals surface area contributed by atoms with Crippen LogP contribution >= 0.6 is 23.5 Å². The number of carboxylic acid groups (broad SMARTS) is 3. The van der Waals surface area contributed by atoms with Gasteiger partial charge in [0, 0.05) is 55.6 Å². The van der Waals surface area contributed by atoms with Crippen LogP contribution in [0, 0.1) is 27.7 Å². The molecule has 0 aliphatic carbocycles. The summed E-state index contributed by atoms with van der Waals surface area (Å²) < 4.78 is 0. The van der Waals surface area contributed by atoms with Crippen molar-refractivity contribution >= 4 is 53.8 Å². The number of aryl methyl sites for hydroxylation is 4. The van der Waals surface area contributed by atoms with E-state index in [9.17, 15) is 19.2 Å². The number of benzene rings is 6. The number of thioether (sulfide) groups is 2. The minimum atomic E-state index is -1.31. The van der Waals surface area contributed by atoms with Gasteiger partial charge in [-0.1, -0.05) is 146 Å². The normalized spacial score (nSPS) is 19.7. The van der Waals surface area contributed by atoms with E-state index >= 15 is 0 Å². The number of carboxylic acids is 3. The van der Waals surface area contributed by atoms with Gasteiger partial charge in [0.05, 0.1) is 0 Å². The standard InChI is InChI=1S/C27H26O2S.C25H24OS.C3H4O4/c1-18-4-12-22(13-5-18)27(3)17-30-24-16-19(2)6-14-23(24)26(27)21-10-7-20(8-11-21)9-15-25(28)29;1-17-4-11-21(12-5-17)25(3)16-27-23-14-18(2)6-13-22(23)24(25)20-9-7-19(15-26)8-10-20;4-2(5)1-3(6)7/h4-16,26H,17H2,1-3H3,(H,28,29);4-15,24H,16H2,1-3H3;1H2,(H,4,5)(H,6,7)/b15-9+;;/t26-,27-;24-,25-;/m11./s1. The maximum absolute atomic E-state index is 11.1. The Morgan fingerprint density at radius 1 is 0.547 bits per heavy atom. The maximum atomic E-state index is 11.1. The molecule has 3 N–H and O–H groups in total. The Morgan fingerprint density at radius 3 is 1.27 bits per heavy atom. The number of fused-ring (bicyclic) bond motifs is 2. The molecule has 0 fully saturated rings. The van der Waals surface area contributed by atoms with Crippen molar-refractivity contribution < 1.29 is 34.5 Å². The van der Waals surface area contributed by atoms with Crippen LogP contribution in [0.2, 0.25) is 0 Å². The van der Waals surface area contributed by atoms with Gasteiger partial charge in [-0.2, -0.15) is 0 Å². The van der Waals surface area contributed by atoms with E-state index in [1.807, 2.05) is 47.8 Å². The van der Waals surface area contributed by atoms with Crippen LogP contribution in [0.1, 0.15) is 104 Å². The van der Waals surface area contributed by atoms with Crippen LogP contribution in [0.5, 0.6) is 0 Å². The Balaban J connectivity index is 0.000000186. The van der Waals surface area contributed by atoms with Crippen LogP contribution in [0.15, 0.2) is 149 Å². The molecule has 4 atom stereocenters. The van der Waals surface area contributed by atoms with Gasteiger partial charge in [0.25, 0.3) is 0 Å². The van der Waals surface area contributed by atoms with Crippen LogP contribution in [0.25, 0.3) is 6.08 Å². The fourth-order valence-electron chi connectivity index (χ4n) is 8.65. The lowest BCUT2D eigenvalue weighted by molar-refractivity contribution is -0.147. The first kappa shape index (κ1) is 47.3. The molecule has 2 aliphatic heterocycles. The van der Waals surface area contributed by atoms with E-state index in [0.717, 1.165) is 28.9 Å². The zero-order valence-corrected chi connectivity index (χ0v) is 38.6. The molecule has 0 aromatic heterocycles. The fraction of sp³-hybridized carbons (Fsp3) is 0.236. The van der Waals surface area contributed by atoms with Crippen LogP contribution in [0.3, 0.4) is 0 Å². The molecule has 328 valence electrons. The van der Waals surface area contributed by atoms with Gasteiger partial charge in [0.2, 0.25) is 0 Å². The molecule has 0 radical (unpaired) electrons. The van der Waals surface area contributed by atoms with Crippen molar-refractivity contribution in [1.29, 1.82) is 0 Å². The average molecular weight is 891 g/mol. The molecule has 6 aromatic carbocycles. The molecule has 2 aliphatic rings. The van der Waals surface area contributed by atoms with Gasteiger partial charge < -0.3 is 15.3 Å². The molecular formula is C55H54O7S2. The number of rotatable bonds is 9. The number of carbonyl (C=O) groups excluding carboxylic acids is 1. The summed E-state index contributed by atoms with van der Waals surface area (Å²) in [6.45, 7) is 13.3. The van der Waals surface area contributed by atoms with E-state index < -0.39 is 24.3 Å². The second-order valence-electron chi connectivity index (χ2n) is 17.2. The molecule has 8 rings (SSSR count). The van der Waals surface area contributed by atoms with Crippen LogP contribution in [-0.2, 0) is 25.2 Å². The number of hydrogen-bond acceptors (Lipinski definition) is 6. The summed E-state index contributed by atoms with van der Waals surface area (Å²) in [5, 5.41) is 24.3. The predicted molar refractivity (Wildman–Crippen MR) is 259 cm³/mol. The maximum Gasteiger partial charge on any atom is 0.328 e. The lowest BCUT2D eigenvalue weighted by atomic mass is 9.66. The van der Waals surface area contributed by atoms with Gasteiger partial charge in [-0.25, -0.2) is 4.79 Å². The first-order valence-corrected chi connectivity index (χ1v) is 23.1. The SMILES string of the molecule is Cc1ccc([C@@]2(C)CSc3cc(C)ccc3[C@H]2c2ccc(/C=C/C(=O)O)cc2)cc1.Cc1ccc([C@@]2(C)CSc3cc(C)ccc3[C@H]2c2ccc(C=O)cc2)cc1.O=C(O)CC(=O)O. The first-order chi connectivity index (χ1) is 30.5. The van der Waals surface area contributed by atoms with Crippen molar-refractivity contribution in [1.82, 2.24) is 0 Å². The van der Waals surface area contributed by atoms with Crippen molar-refractivity contribution in [3.8, 4) is 0 Å². The third kappa shape index (κ3) is 11.1. The monoisotopic (exact) mass is 890 g/mol. The lowest BCUT2D eigenvalue weighted by Gasteiger charge is -2.43. The molecule has 2 heterocycles. The Morgan fingerprint density at radius 2 is 0.922 bits per heavy atom. The van der Waals surface area contributed by atoms with E-state index in [0.29, 0.717) is 0 Å². The summed E-state index contributed by atoms with van der Waals surface area (Å²) in [6.07, 6.45) is 2.93. The molecule has 0 saturated carbocycles. The summed E-state index contributed by atoms with van der Waals surface area (Å²) in [5.41, 5.74) is 14.7. The van der Waals surface area contributed by atoms with Gasteiger partial charge in [0.15, 0.2) is 0 Å². The summed E-state index contributed by atoms with van der Waals surface area (Å²) in [5.74, 6) is -1.02. The van der Waals surface area contributed by atoms with E-state index in [1.165, 1.54) is 71.5 Å². The largest absolute Gasteiger partial charge is 0.481 e. The summed E-state index contributed by atoms with van der Waals surface area (Å²) in [6, 6.07) is 48.0. The quantitative estimate of drug-likeness (QED) is 0.0738. The molecule has 6 aromatic rings. The van der Waals surface area contributed by atoms with Gasteiger partial charge in [-0.15, -0.1) is 23.5 Å². The highest BCUT2D eigenvalue weighted by atomic mass is 32.2. The Kier molecular flexibility index (Phi) is 15.2.